The second kappa shape index (κ2) is 6.02. The Balaban J connectivity index is 1.70. The maximum absolute atomic E-state index is 11.8. The minimum atomic E-state index is -3.05. The molecule has 0 aliphatic carbocycles. The molecular weight excluding hydrogens is 344 g/mol. The number of hydrogen-bond acceptors (Lipinski definition) is 5. The number of rotatable bonds is 3. The lowest BCUT2D eigenvalue weighted by atomic mass is 10.2. The van der Waals surface area contributed by atoms with Crippen molar-refractivity contribution < 1.29 is 17.9 Å². The SMILES string of the molecule is O=C(/C=C/c1sc2ccccc2c1Cl)OC1CCS(=O)(=O)C1. The van der Waals surface area contributed by atoms with Crippen LogP contribution in [0.25, 0.3) is 16.2 Å². The third kappa shape index (κ3) is 3.34. The largest absolute Gasteiger partial charge is 0.458 e. The molecule has 22 heavy (non-hydrogen) atoms. The van der Waals surface area contributed by atoms with E-state index in [0.717, 1.165) is 15.0 Å². The van der Waals surface area contributed by atoms with Crippen LogP contribution in [-0.4, -0.2) is 32.0 Å². The van der Waals surface area contributed by atoms with E-state index in [9.17, 15) is 13.2 Å². The smallest absolute Gasteiger partial charge is 0.331 e. The van der Waals surface area contributed by atoms with Crippen molar-refractivity contribution >= 4 is 54.9 Å². The van der Waals surface area contributed by atoms with Gasteiger partial charge in [-0.1, -0.05) is 29.8 Å². The quantitative estimate of drug-likeness (QED) is 0.625. The summed E-state index contributed by atoms with van der Waals surface area (Å²) in [6.45, 7) is 0. The highest BCUT2D eigenvalue weighted by atomic mass is 35.5. The predicted octanol–water partition coefficient (Wildman–Crippen LogP) is 3.30. The summed E-state index contributed by atoms with van der Waals surface area (Å²) < 4.78 is 28.8. The van der Waals surface area contributed by atoms with E-state index in [1.165, 1.54) is 17.4 Å². The minimum Gasteiger partial charge on any atom is -0.458 e. The molecule has 0 saturated carbocycles. The molecule has 4 nitrogen and oxygen atoms in total. The molecule has 0 radical (unpaired) electrons. The number of fused-ring (bicyclic) bond motifs is 1. The topological polar surface area (TPSA) is 60.4 Å². The van der Waals surface area contributed by atoms with Gasteiger partial charge >= 0.3 is 5.97 Å². The van der Waals surface area contributed by atoms with E-state index in [2.05, 4.69) is 0 Å². The molecule has 1 aromatic heterocycles. The summed E-state index contributed by atoms with van der Waals surface area (Å²) >= 11 is 7.76. The van der Waals surface area contributed by atoms with Crippen LogP contribution in [0.3, 0.4) is 0 Å². The van der Waals surface area contributed by atoms with Crippen molar-refractivity contribution in [1.29, 1.82) is 0 Å². The van der Waals surface area contributed by atoms with Crippen molar-refractivity contribution in [1.82, 2.24) is 0 Å². The number of thiophene rings is 1. The lowest BCUT2D eigenvalue weighted by Crippen LogP contribution is -2.17. The van der Waals surface area contributed by atoms with Crippen molar-refractivity contribution in [2.75, 3.05) is 11.5 Å². The number of halogens is 1. The average Bonchev–Trinajstić information content (AvgIpc) is 2.97. The molecular formula is C15H13ClO4S2. The third-order valence-corrected chi connectivity index (χ3v) is 6.80. The van der Waals surface area contributed by atoms with Crippen LogP contribution in [0, 0.1) is 0 Å². The lowest BCUT2D eigenvalue weighted by Gasteiger charge is -2.07. The summed E-state index contributed by atoms with van der Waals surface area (Å²) in [4.78, 5) is 12.5. The van der Waals surface area contributed by atoms with Gasteiger partial charge in [0.25, 0.3) is 0 Å². The van der Waals surface area contributed by atoms with Crippen LogP contribution in [-0.2, 0) is 19.4 Å². The predicted molar refractivity (Wildman–Crippen MR) is 89.0 cm³/mol. The Morgan fingerprint density at radius 2 is 2.14 bits per heavy atom. The van der Waals surface area contributed by atoms with Crippen LogP contribution < -0.4 is 0 Å². The van der Waals surface area contributed by atoms with Gasteiger partial charge in [0.05, 0.1) is 16.5 Å². The first-order valence-corrected chi connectivity index (χ1v) is 9.72. The van der Waals surface area contributed by atoms with Crippen LogP contribution in [0.15, 0.2) is 30.3 Å². The van der Waals surface area contributed by atoms with Crippen molar-refractivity contribution in [3.63, 3.8) is 0 Å². The van der Waals surface area contributed by atoms with Crippen LogP contribution >= 0.6 is 22.9 Å². The fourth-order valence-electron chi connectivity index (χ4n) is 2.34. The number of esters is 1. The zero-order chi connectivity index (χ0) is 15.7. The highest BCUT2D eigenvalue weighted by Gasteiger charge is 2.30. The lowest BCUT2D eigenvalue weighted by molar-refractivity contribution is -0.141. The Bertz CT molecular complexity index is 852. The van der Waals surface area contributed by atoms with E-state index in [1.54, 1.807) is 6.08 Å². The van der Waals surface area contributed by atoms with E-state index < -0.39 is 21.9 Å². The number of benzene rings is 1. The van der Waals surface area contributed by atoms with Gasteiger partial charge in [0, 0.05) is 21.0 Å². The summed E-state index contributed by atoms with van der Waals surface area (Å²) in [5, 5.41) is 1.55. The molecule has 0 bridgehead atoms. The maximum atomic E-state index is 11.8. The molecule has 2 aromatic rings. The fraction of sp³-hybridized carbons (Fsp3) is 0.267. The van der Waals surface area contributed by atoms with Gasteiger partial charge in [-0.2, -0.15) is 0 Å². The summed E-state index contributed by atoms with van der Waals surface area (Å²) in [7, 11) is -3.05. The van der Waals surface area contributed by atoms with Crippen LogP contribution in [0.1, 0.15) is 11.3 Å². The van der Waals surface area contributed by atoms with E-state index >= 15 is 0 Å². The molecule has 1 aromatic carbocycles. The Morgan fingerprint density at radius 1 is 1.36 bits per heavy atom. The molecule has 0 N–H and O–H groups in total. The van der Waals surface area contributed by atoms with Crippen LogP contribution in [0.4, 0.5) is 0 Å². The number of hydrogen-bond donors (Lipinski definition) is 0. The third-order valence-electron chi connectivity index (χ3n) is 3.40. The van der Waals surface area contributed by atoms with E-state index in [1.807, 2.05) is 24.3 Å². The van der Waals surface area contributed by atoms with Crippen molar-refractivity contribution in [2.24, 2.45) is 0 Å². The first-order valence-electron chi connectivity index (χ1n) is 6.71. The summed E-state index contributed by atoms with van der Waals surface area (Å²) in [5.41, 5.74) is 0. The van der Waals surface area contributed by atoms with Crippen molar-refractivity contribution in [3.8, 4) is 0 Å². The van der Waals surface area contributed by atoms with Crippen LogP contribution in [0.2, 0.25) is 5.02 Å². The molecule has 0 spiro atoms. The number of sulfone groups is 1. The van der Waals surface area contributed by atoms with Crippen molar-refractivity contribution in [2.45, 2.75) is 12.5 Å². The van der Waals surface area contributed by atoms with Gasteiger partial charge in [0.1, 0.15) is 6.10 Å². The average molecular weight is 357 g/mol. The summed E-state index contributed by atoms with van der Waals surface area (Å²) in [6, 6.07) is 7.72. The van der Waals surface area contributed by atoms with Gasteiger partial charge in [-0.05, 0) is 18.6 Å². The van der Waals surface area contributed by atoms with E-state index in [-0.39, 0.29) is 11.5 Å². The molecule has 1 aliphatic rings. The number of carbonyl (C=O) groups excluding carboxylic acids is 1. The molecule has 3 rings (SSSR count). The Labute approximate surface area is 137 Å². The maximum Gasteiger partial charge on any atom is 0.331 e. The first-order chi connectivity index (χ1) is 10.4. The summed E-state index contributed by atoms with van der Waals surface area (Å²) in [5.74, 6) is -0.553. The second-order valence-corrected chi connectivity index (χ2v) is 8.76. The first kappa shape index (κ1) is 15.5. The van der Waals surface area contributed by atoms with Gasteiger partial charge in [-0.15, -0.1) is 11.3 Å². The second-order valence-electron chi connectivity index (χ2n) is 5.07. The van der Waals surface area contributed by atoms with Gasteiger partial charge in [0.15, 0.2) is 9.84 Å². The van der Waals surface area contributed by atoms with Crippen molar-refractivity contribution in [3.05, 3.63) is 40.2 Å². The highest BCUT2D eigenvalue weighted by Crippen LogP contribution is 2.35. The molecule has 7 heteroatoms. The van der Waals surface area contributed by atoms with E-state index in [0.29, 0.717) is 11.4 Å². The molecule has 1 unspecified atom stereocenters. The van der Waals surface area contributed by atoms with Gasteiger partial charge in [-0.25, -0.2) is 13.2 Å². The number of ether oxygens (including phenoxy) is 1. The monoisotopic (exact) mass is 356 g/mol. The van der Waals surface area contributed by atoms with Gasteiger partial charge in [-0.3, -0.25) is 0 Å². The highest BCUT2D eigenvalue weighted by molar-refractivity contribution is 7.91. The molecule has 116 valence electrons. The normalized spacial score (nSPS) is 20.7. The summed E-state index contributed by atoms with van der Waals surface area (Å²) in [6.07, 6.45) is 2.73. The standard InChI is InChI=1S/C15H13ClO4S2/c16-15-11-3-1-2-4-12(11)21-13(15)5-6-14(17)20-10-7-8-22(18,19)9-10/h1-6,10H,7-9H2/b6-5+. The molecule has 0 amide bonds. The number of carbonyl (C=O) groups is 1. The molecule has 1 atom stereocenters. The minimum absolute atomic E-state index is 0.0802. The fourth-order valence-corrected chi connectivity index (χ4v) is 5.33. The van der Waals surface area contributed by atoms with E-state index in [4.69, 9.17) is 16.3 Å². The molecule has 2 heterocycles. The van der Waals surface area contributed by atoms with Gasteiger partial charge in [0.2, 0.25) is 0 Å². The molecule has 1 fully saturated rings. The Hall–Kier alpha value is -1.37. The Morgan fingerprint density at radius 3 is 2.82 bits per heavy atom. The Kier molecular flexibility index (Phi) is 4.25. The zero-order valence-corrected chi connectivity index (χ0v) is 13.9. The molecule has 1 saturated heterocycles. The molecule has 1 aliphatic heterocycles. The zero-order valence-electron chi connectivity index (χ0n) is 11.5. The van der Waals surface area contributed by atoms with Crippen LogP contribution in [0.5, 0.6) is 0 Å². The van der Waals surface area contributed by atoms with Gasteiger partial charge < -0.3 is 4.74 Å².